The zero-order valence-corrected chi connectivity index (χ0v) is 15.3. The van der Waals surface area contributed by atoms with Crippen LogP contribution < -0.4 is 10.6 Å². The maximum atomic E-state index is 4.76. The second kappa shape index (κ2) is 9.08. The van der Waals surface area contributed by atoms with Gasteiger partial charge in [-0.25, -0.2) is 0 Å². The fourth-order valence-corrected chi connectivity index (χ4v) is 3.64. The Morgan fingerprint density at radius 1 is 1.30 bits per heavy atom. The van der Waals surface area contributed by atoms with Crippen LogP contribution in [-0.4, -0.2) is 47.1 Å². The zero-order chi connectivity index (χ0) is 15.0. The van der Waals surface area contributed by atoms with E-state index in [1.807, 2.05) is 11.8 Å². The van der Waals surface area contributed by atoms with E-state index >= 15 is 0 Å². The first-order chi connectivity index (χ1) is 9.50. The van der Waals surface area contributed by atoms with Gasteiger partial charge >= 0.3 is 0 Å². The van der Waals surface area contributed by atoms with E-state index in [9.17, 15) is 0 Å². The third-order valence-corrected chi connectivity index (χ3v) is 6.11. The molecule has 0 aromatic heterocycles. The SMILES string of the molecule is CCNC(=NCC(C)(C)SC)NC1CCC(SCC)C1. The second-order valence-corrected chi connectivity index (χ2v) is 8.98. The Morgan fingerprint density at radius 3 is 2.65 bits per heavy atom. The van der Waals surface area contributed by atoms with Crippen molar-refractivity contribution in [2.45, 2.75) is 63.0 Å². The summed E-state index contributed by atoms with van der Waals surface area (Å²) in [6, 6.07) is 0.592. The Hall–Kier alpha value is -0.0300. The van der Waals surface area contributed by atoms with Crippen LogP contribution in [0.2, 0.25) is 0 Å². The highest BCUT2D eigenvalue weighted by atomic mass is 32.2. The first kappa shape index (κ1) is 18.0. The van der Waals surface area contributed by atoms with Crippen LogP contribution in [0.15, 0.2) is 4.99 Å². The van der Waals surface area contributed by atoms with Crippen LogP contribution in [-0.2, 0) is 0 Å². The van der Waals surface area contributed by atoms with Crippen molar-refractivity contribution in [1.82, 2.24) is 10.6 Å². The smallest absolute Gasteiger partial charge is 0.191 e. The second-order valence-electron chi connectivity index (χ2n) is 5.89. The summed E-state index contributed by atoms with van der Waals surface area (Å²) in [5.41, 5.74) is 0. The van der Waals surface area contributed by atoms with Gasteiger partial charge in [0.05, 0.1) is 6.54 Å². The molecule has 1 aliphatic rings. The van der Waals surface area contributed by atoms with Crippen molar-refractivity contribution in [2.75, 3.05) is 25.1 Å². The summed E-state index contributed by atoms with van der Waals surface area (Å²) < 4.78 is 0.207. The van der Waals surface area contributed by atoms with Crippen LogP contribution >= 0.6 is 23.5 Å². The van der Waals surface area contributed by atoms with Crippen molar-refractivity contribution in [3.8, 4) is 0 Å². The molecule has 1 aliphatic carbocycles. The number of hydrogen-bond donors (Lipinski definition) is 2. The third kappa shape index (κ3) is 6.61. The van der Waals surface area contributed by atoms with Crippen molar-refractivity contribution in [3.63, 3.8) is 0 Å². The molecule has 2 N–H and O–H groups in total. The predicted molar refractivity (Wildman–Crippen MR) is 96.3 cm³/mol. The van der Waals surface area contributed by atoms with Gasteiger partial charge in [0.15, 0.2) is 5.96 Å². The molecule has 1 fully saturated rings. The van der Waals surface area contributed by atoms with E-state index in [-0.39, 0.29) is 4.75 Å². The van der Waals surface area contributed by atoms with Gasteiger partial charge in [-0.2, -0.15) is 23.5 Å². The van der Waals surface area contributed by atoms with Crippen molar-refractivity contribution in [2.24, 2.45) is 4.99 Å². The van der Waals surface area contributed by atoms with Gasteiger partial charge in [0.25, 0.3) is 0 Å². The van der Waals surface area contributed by atoms with Crippen LogP contribution in [0.3, 0.4) is 0 Å². The standard InChI is InChI=1S/C15H31N3S2/c1-6-16-14(17-11-15(3,4)19-5)18-12-8-9-13(10-12)20-7-2/h12-13H,6-11H2,1-5H3,(H2,16,17,18). The topological polar surface area (TPSA) is 36.4 Å². The fourth-order valence-electron chi connectivity index (χ4n) is 2.31. The molecule has 0 bridgehead atoms. The Bertz CT molecular complexity index is 305. The Kier molecular flexibility index (Phi) is 8.18. The van der Waals surface area contributed by atoms with Gasteiger partial charge in [-0.05, 0) is 52.0 Å². The molecular weight excluding hydrogens is 286 g/mol. The Balaban J connectivity index is 2.49. The molecular formula is C15H31N3S2. The average Bonchev–Trinajstić information content (AvgIpc) is 2.84. The quantitative estimate of drug-likeness (QED) is 0.558. The highest BCUT2D eigenvalue weighted by Crippen LogP contribution is 2.29. The summed E-state index contributed by atoms with van der Waals surface area (Å²) in [6.45, 7) is 10.6. The number of nitrogens with zero attached hydrogens (tertiary/aromatic N) is 1. The molecule has 1 saturated carbocycles. The highest BCUT2D eigenvalue weighted by Gasteiger charge is 2.25. The Morgan fingerprint density at radius 2 is 2.05 bits per heavy atom. The average molecular weight is 318 g/mol. The van der Waals surface area contributed by atoms with E-state index in [0.717, 1.165) is 24.3 Å². The predicted octanol–water partition coefficient (Wildman–Crippen LogP) is 3.36. The van der Waals surface area contributed by atoms with Crippen LogP contribution in [0, 0.1) is 0 Å². The number of hydrogen-bond acceptors (Lipinski definition) is 3. The minimum absolute atomic E-state index is 0.207. The molecule has 0 radical (unpaired) electrons. The molecule has 1 rings (SSSR count). The molecule has 0 saturated heterocycles. The van der Waals surface area contributed by atoms with E-state index < -0.39 is 0 Å². The molecule has 2 unspecified atom stereocenters. The van der Waals surface area contributed by atoms with Gasteiger partial charge in [0.2, 0.25) is 0 Å². The largest absolute Gasteiger partial charge is 0.357 e. The minimum atomic E-state index is 0.207. The van der Waals surface area contributed by atoms with Gasteiger partial charge in [-0.1, -0.05) is 6.92 Å². The van der Waals surface area contributed by atoms with Crippen LogP contribution in [0.5, 0.6) is 0 Å². The molecule has 0 amide bonds. The normalized spacial score (nSPS) is 23.9. The molecule has 0 heterocycles. The Labute approximate surface area is 133 Å². The van der Waals surface area contributed by atoms with Gasteiger partial charge in [-0.3, -0.25) is 4.99 Å². The first-order valence-corrected chi connectivity index (χ1v) is 9.99. The van der Waals surface area contributed by atoms with Gasteiger partial charge in [-0.15, -0.1) is 0 Å². The first-order valence-electron chi connectivity index (χ1n) is 7.72. The zero-order valence-electron chi connectivity index (χ0n) is 13.7. The van der Waals surface area contributed by atoms with Crippen molar-refractivity contribution < 1.29 is 0 Å². The van der Waals surface area contributed by atoms with E-state index in [1.54, 1.807) is 0 Å². The highest BCUT2D eigenvalue weighted by molar-refractivity contribution is 8.00. The maximum Gasteiger partial charge on any atom is 0.191 e. The third-order valence-electron chi connectivity index (χ3n) is 3.64. The summed E-state index contributed by atoms with van der Waals surface area (Å²) in [7, 11) is 0. The van der Waals surface area contributed by atoms with Crippen molar-refractivity contribution in [3.05, 3.63) is 0 Å². The molecule has 20 heavy (non-hydrogen) atoms. The summed E-state index contributed by atoms with van der Waals surface area (Å²) in [5, 5.41) is 7.83. The van der Waals surface area contributed by atoms with E-state index in [0.29, 0.717) is 6.04 Å². The molecule has 5 heteroatoms. The maximum absolute atomic E-state index is 4.76. The number of aliphatic imine (C=N–C) groups is 1. The van der Waals surface area contributed by atoms with Crippen LogP contribution in [0.1, 0.15) is 47.0 Å². The van der Waals surface area contributed by atoms with Crippen molar-refractivity contribution in [1.29, 1.82) is 0 Å². The molecule has 0 aliphatic heterocycles. The summed E-state index contributed by atoms with van der Waals surface area (Å²) in [5.74, 6) is 2.22. The van der Waals surface area contributed by atoms with Gasteiger partial charge in [0.1, 0.15) is 0 Å². The van der Waals surface area contributed by atoms with E-state index in [1.165, 1.54) is 25.0 Å². The lowest BCUT2D eigenvalue weighted by Crippen LogP contribution is -2.43. The molecule has 118 valence electrons. The summed E-state index contributed by atoms with van der Waals surface area (Å²) in [4.78, 5) is 4.76. The summed E-state index contributed by atoms with van der Waals surface area (Å²) in [6.07, 6.45) is 6.04. The number of guanidine groups is 1. The monoisotopic (exact) mass is 317 g/mol. The molecule has 0 spiro atoms. The van der Waals surface area contributed by atoms with E-state index in [2.05, 4.69) is 56.3 Å². The van der Waals surface area contributed by atoms with Gasteiger partial charge < -0.3 is 10.6 Å². The van der Waals surface area contributed by atoms with Crippen LogP contribution in [0.4, 0.5) is 0 Å². The van der Waals surface area contributed by atoms with E-state index in [4.69, 9.17) is 4.99 Å². The van der Waals surface area contributed by atoms with Gasteiger partial charge in [0, 0.05) is 22.6 Å². The van der Waals surface area contributed by atoms with Crippen molar-refractivity contribution >= 4 is 29.5 Å². The fraction of sp³-hybridized carbons (Fsp3) is 0.933. The molecule has 3 nitrogen and oxygen atoms in total. The lowest BCUT2D eigenvalue weighted by molar-refractivity contribution is 0.611. The number of rotatable bonds is 7. The summed E-state index contributed by atoms with van der Waals surface area (Å²) >= 11 is 3.97. The van der Waals surface area contributed by atoms with Crippen LogP contribution in [0.25, 0.3) is 0 Å². The molecule has 2 atom stereocenters. The lowest BCUT2D eigenvalue weighted by atomic mass is 10.2. The lowest BCUT2D eigenvalue weighted by Gasteiger charge is -2.22. The number of thioether (sulfide) groups is 2. The minimum Gasteiger partial charge on any atom is -0.357 e. The molecule has 0 aromatic rings. The number of nitrogens with one attached hydrogen (secondary N) is 2. The molecule has 0 aromatic carbocycles.